The fourth-order valence-corrected chi connectivity index (χ4v) is 11.5. The van der Waals surface area contributed by atoms with Crippen molar-refractivity contribution in [2.24, 2.45) is 0 Å². The molecule has 0 saturated carbocycles. The van der Waals surface area contributed by atoms with Gasteiger partial charge in [-0.25, -0.2) is 8.78 Å². The van der Waals surface area contributed by atoms with Crippen molar-refractivity contribution in [3.8, 4) is 55.6 Å². The summed E-state index contributed by atoms with van der Waals surface area (Å²) in [6, 6.07) is 63.5. The zero-order chi connectivity index (χ0) is 36.4. The smallest absolute Gasteiger partial charge is 0.123 e. The average molecular weight is 715 g/mol. The topological polar surface area (TPSA) is 0 Å². The van der Waals surface area contributed by atoms with E-state index in [0.717, 1.165) is 27.0 Å². The summed E-state index contributed by atoms with van der Waals surface area (Å²) in [5, 5.41) is 7.84. The Morgan fingerprint density at radius 1 is 0.315 bits per heavy atom. The van der Waals surface area contributed by atoms with Gasteiger partial charge in [0.05, 0.1) is 0 Å². The normalized spacial score (nSPS) is 12.0. The summed E-state index contributed by atoms with van der Waals surface area (Å²) in [4.78, 5) is 0. The van der Waals surface area contributed by atoms with Crippen LogP contribution in [0.15, 0.2) is 188 Å². The molecule has 1 aliphatic rings. The molecule has 0 radical (unpaired) electrons. The van der Waals surface area contributed by atoms with Gasteiger partial charge in [0.1, 0.15) is 11.6 Å². The van der Waals surface area contributed by atoms with Crippen molar-refractivity contribution in [2.45, 2.75) is 0 Å². The van der Waals surface area contributed by atoms with Crippen LogP contribution in [0.2, 0.25) is 0 Å². The third-order valence-electron chi connectivity index (χ3n) is 11.1. The predicted octanol–water partition coefficient (Wildman–Crippen LogP) is 12.6. The molecule has 54 heavy (non-hydrogen) atoms. The predicted molar refractivity (Wildman–Crippen MR) is 228 cm³/mol. The van der Waals surface area contributed by atoms with Gasteiger partial charge >= 0.3 is 0 Å². The molecule has 256 valence electrons. The second kappa shape index (κ2) is 12.7. The molecule has 0 atom stereocenters. The SMILES string of the molecule is C=P(c1ccc(F)cc1)(c1ccc(F)cc1)c1ccc(-c2ccc3c4c(cccc24)-c2c-3c(-c3ccccc3)c3ccccc3c2-c2ccccc2)cc1. The van der Waals surface area contributed by atoms with Crippen LogP contribution in [-0.4, -0.2) is 6.30 Å². The van der Waals surface area contributed by atoms with Gasteiger partial charge in [-0.1, -0.05) is 170 Å². The van der Waals surface area contributed by atoms with Crippen LogP contribution in [0, 0.1) is 11.6 Å². The third kappa shape index (κ3) is 4.95. The van der Waals surface area contributed by atoms with Gasteiger partial charge in [0, 0.05) is 0 Å². The van der Waals surface area contributed by atoms with Gasteiger partial charge in [0.15, 0.2) is 0 Å². The van der Waals surface area contributed by atoms with Crippen molar-refractivity contribution in [2.75, 3.05) is 0 Å². The lowest BCUT2D eigenvalue weighted by Gasteiger charge is -2.27. The Hall–Kier alpha value is -6.34. The minimum absolute atomic E-state index is 0.297. The van der Waals surface area contributed by atoms with Crippen LogP contribution in [0.1, 0.15) is 0 Å². The molecule has 10 rings (SSSR count). The van der Waals surface area contributed by atoms with Crippen molar-refractivity contribution in [3.05, 3.63) is 200 Å². The summed E-state index contributed by atoms with van der Waals surface area (Å²) in [5.41, 5.74) is 12.2. The van der Waals surface area contributed by atoms with E-state index in [9.17, 15) is 8.78 Å². The highest BCUT2D eigenvalue weighted by molar-refractivity contribution is 7.93. The standard InChI is InChI=1S/C51H33F2P/c1-54(39-27-21-36(52)22-28-39,40-29-23-37(53)24-30-40)38-25-19-33(20-26-38)41-31-32-46-49-42(41)17-10-18-45(49)50-47(34-11-4-2-5-12-34)43-15-8-9-16-44(43)48(51(46)50)35-13-6-3-7-14-35/h2-32H,1H2. The van der Waals surface area contributed by atoms with Crippen molar-refractivity contribution in [1.82, 2.24) is 0 Å². The highest BCUT2D eigenvalue weighted by atomic mass is 31.2. The highest BCUT2D eigenvalue weighted by Crippen LogP contribution is 2.58. The summed E-state index contributed by atoms with van der Waals surface area (Å²) in [6.07, 6.45) is 4.80. The van der Waals surface area contributed by atoms with Gasteiger partial charge in [0.25, 0.3) is 0 Å². The Bertz CT molecular complexity index is 2790. The van der Waals surface area contributed by atoms with Crippen LogP contribution in [0.25, 0.3) is 77.2 Å². The van der Waals surface area contributed by atoms with E-state index in [1.165, 1.54) is 90.3 Å². The number of rotatable bonds is 6. The van der Waals surface area contributed by atoms with Crippen molar-refractivity contribution < 1.29 is 8.78 Å². The fraction of sp³-hybridized carbons (Fsp3) is 0. The van der Waals surface area contributed by atoms with E-state index < -0.39 is 6.89 Å². The minimum Gasteiger partial charge on any atom is -0.207 e. The summed E-state index contributed by atoms with van der Waals surface area (Å²) in [5.74, 6) is -0.595. The van der Waals surface area contributed by atoms with E-state index in [0.29, 0.717) is 0 Å². The first kappa shape index (κ1) is 32.3. The maximum atomic E-state index is 14.1. The highest BCUT2D eigenvalue weighted by Gasteiger charge is 2.31. The molecule has 0 saturated heterocycles. The Labute approximate surface area is 313 Å². The third-order valence-corrected chi connectivity index (χ3v) is 14.6. The quantitative estimate of drug-likeness (QED) is 0.150. The van der Waals surface area contributed by atoms with Gasteiger partial charge in [-0.2, -0.15) is 0 Å². The van der Waals surface area contributed by atoms with Gasteiger partial charge in [0.2, 0.25) is 0 Å². The van der Waals surface area contributed by atoms with E-state index in [2.05, 4.69) is 140 Å². The van der Waals surface area contributed by atoms with Gasteiger partial charge in [-0.05, 0) is 124 Å². The monoisotopic (exact) mass is 714 g/mol. The summed E-state index contributed by atoms with van der Waals surface area (Å²) < 4.78 is 28.2. The van der Waals surface area contributed by atoms with Crippen molar-refractivity contribution >= 4 is 50.6 Å². The average Bonchev–Trinajstić information content (AvgIpc) is 3.55. The second-order valence-electron chi connectivity index (χ2n) is 14.0. The minimum atomic E-state index is -2.45. The van der Waals surface area contributed by atoms with Gasteiger partial charge in [-0.15, -0.1) is 0 Å². The zero-order valence-corrected chi connectivity index (χ0v) is 30.2. The Morgan fingerprint density at radius 2 is 0.722 bits per heavy atom. The van der Waals surface area contributed by atoms with Crippen LogP contribution in [0.3, 0.4) is 0 Å². The van der Waals surface area contributed by atoms with Crippen LogP contribution in [0.5, 0.6) is 0 Å². The number of halogens is 2. The van der Waals surface area contributed by atoms with E-state index in [1.807, 2.05) is 24.3 Å². The first-order chi connectivity index (χ1) is 26.5. The van der Waals surface area contributed by atoms with E-state index >= 15 is 0 Å². The van der Waals surface area contributed by atoms with E-state index in [-0.39, 0.29) is 11.6 Å². The summed E-state index contributed by atoms with van der Waals surface area (Å²) in [6.45, 7) is -2.45. The molecule has 0 amide bonds. The van der Waals surface area contributed by atoms with E-state index in [4.69, 9.17) is 6.30 Å². The maximum absolute atomic E-state index is 14.1. The molecule has 0 bridgehead atoms. The lowest BCUT2D eigenvalue weighted by atomic mass is 9.82. The molecule has 0 fully saturated rings. The van der Waals surface area contributed by atoms with Crippen LogP contribution in [-0.2, 0) is 0 Å². The number of benzene rings is 9. The molecule has 0 spiro atoms. The van der Waals surface area contributed by atoms with E-state index in [1.54, 1.807) is 0 Å². The molecule has 0 aromatic heterocycles. The number of hydrogen-bond acceptors (Lipinski definition) is 0. The second-order valence-corrected chi connectivity index (χ2v) is 17.1. The fourth-order valence-electron chi connectivity index (χ4n) is 8.60. The van der Waals surface area contributed by atoms with Crippen LogP contribution < -0.4 is 15.9 Å². The molecule has 9 aromatic rings. The summed E-state index contributed by atoms with van der Waals surface area (Å²) >= 11 is 0. The van der Waals surface area contributed by atoms with Crippen molar-refractivity contribution in [1.29, 1.82) is 0 Å². The maximum Gasteiger partial charge on any atom is 0.123 e. The molecule has 0 unspecified atom stereocenters. The number of fused-ring (bicyclic) bond motifs is 4. The molecule has 0 heterocycles. The van der Waals surface area contributed by atoms with Crippen LogP contribution >= 0.6 is 6.89 Å². The largest absolute Gasteiger partial charge is 0.207 e. The van der Waals surface area contributed by atoms with Crippen LogP contribution in [0.4, 0.5) is 8.78 Å². The molecule has 0 N–H and O–H groups in total. The first-order valence-electron chi connectivity index (χ1n) is 18.1. The molecular formula is C51H33F2P. The number of hydrogen-bond donors (Lipinski definition) is 0. The Morgan fingerprint density at radius 3 is 1.22 bits per heavy atom. The molecule has 1 aliphatic carbocycles. The Balaban J connectivity index is 1.19. The molecule has 9 aromatic carbocycles. The van der Waals surface area contributed by atoms with Crippen molar-refractivity contribution in [3.63, 3.8) is 0 Å². The molecule has 0 nitrogen and oxygen atoms in total. The molecular weight excluding hydrogens is 682 g/mol. The summed E-state index contributed by atoms with van der Waals surface area (Å²) in [7, 11) is 0. The Kier molecular flexibility index (Phi) is 7.58. The zero-order valence-electron chi connectivity index (χ0n) is 29.3. The lowest BCUT2D eigenvalue weighted by molar-refractivity contribution is 0.628. The molecule has 3 heteroatoms. The molecule has 0 aliphatic heterocycles. The lowest BCUT2D eigenvalue weighted by Crippen LogP contribution is -2.25. The van der Waals surface area contributed by atoms with Gasteiger partial charge in [-0.3, -0.25) is 0 Å². The first-order valence-corrected chi connectivity index (χ1v) is 20.1. The van der Waals surface area contributed by atoms with Gasteiger partial charge < -0.3 is 0 Å².